The van der Waals surface area contributed by atoms with E-state index in [0.717, 1.165) is 30.3 Å². The number of aryl methyl sites for hydroxylation is 2. The Morgan fingerprint density at radius 1 is 1.65 bits per heavy atom. The SMILES string of the molecule is C#CCN(CC1CC1)c1c(C=O)c(C)nn1C. The molecule has 2 rings (SSSR count). The van der Waals surface area contributed by atoms with Crippen LogP contribution in [0.1, 0.15) is 28.9 Å². The largest absolute Gasteiger partial charge is 0.345 e. The number of nitrogens with zero attached hydrogens (tertiary/aromatic N) is 3. The molecule has 0 bridgehead atoms. The lowest BCUT2D eigenvalue weighted by atomic mass is 10.2. The maximum absolute atomic E-state index is 11.1. The van der Waals surface area contributed by atoms with Crippen LogP contribution in [0, 0.1) is 25.2 Å². The molecule has 90 valence electrons. The van der Waals surface area contributed by atoms with E-state index >= 15 is 0 Å². The van der Waals surface area contributed by atoms with E-state index in [1.807, 2.05) is 14.0 Å². The van der Waals surface area contributed by atoms with Gasteiger partial charge in [-0.3, -0.25) is 9.48 Å². The highest BCUT2D eigenvalue weighted by Crippen LogP contribution is 2.32. The molecular weight excluding hydrogens is 214 g/mol. The molecule has 1 fully saturated rings. The average molecular weight is 231 g/mol. The normalized spacial score (nSPS) is 14.4. The van der Waals surface area contributed by atoms with Crippen LogP contribution in [0.25, 0.3) is 0 Å². The lowest BCUT2D eigenvalue weighted by molar-refractivity contribution is 0.112. The zero-order chi connectivity index (χ0) is 12.4. The van der Waals surface area contributed by atoms with Gasteiger partial charge in [0.2, 0.25) is 0 Å². The van der Waals surface area contributed by atoms with E-state index in [0.29, 0.717) is 12.1 Å². The molecule has 4 heteroatoms. The van der Waals surface area contributed by atoms with Crippen LogP contribution in [0.15, 0.2) is 0 Å². The van der Waals surface area contributed by atoms with Crippen molar-refractivity contribution in [3.8, 4) is 12.3 Å². The Balaban J connectivity index is 2.33. The summed E-state index contributed by atoms with van der Waals surface area (Å²) in [5.41, 5.74) is 1.42. The maximum atomic E-state index is 11.1. The summed E-state index contributed by atoms with van der Waals surface area (Å²) in [6.45, 7) is 3.29. The highest BCUT2D eigenvalue weighted by molar-refractivity contribution is 5.84. The zero-order valence-corrected chi connectivity index (χ0v) is 10.3. The van der Waals surface area contributed by atoms with Crippen LogP contribution in [-0.4, -0.2) is 29.2 Å². The topological polar surface area (TPSA) is 38.1 Å². The van der Waals surface area contributed by atoms with Gasteiger partial charge in [-0.25, -0.2) is 0 Å². The lowest BCUT2D eigenvalue weighted by Crippen LogP contribution is -2.29. The molecule has 0 aliphatic heterocycles. The van der Waals surface area contributed by atoms with Gasteiger partial charge in [-0.1, -0.05) is 5.92 Å². The monoisotopic (exact) mass is 231 g/mol. The van der Waals surface area contributed by atoms with Crippen LogP contribution in [-0.2, 0) is 7.05 Å². The molecule has 1 aliphatic rings. The molecular formula is C13H17N3O. The van der Waals surface area contributed by atoms with E-state index in [2.05, 4.69) is 15.9 Å². The Labute approximate surface area is 102 Å². The highest BCUT2D eigenvalue weighted by Gasteiger charge is 2.27. The van der Waals surface area contributed by atoms with Crippen molar-refractivity contribution in [2.45, 2.75) is 19.8 Å². The zero-order valence-electron chi connectivity index (χ0n) is 10.3. The third-order valence-corrected chi connectivity index (χ3v) is 3.11. The van der Waals surface area contributed by atoms with E-state index in [9.17, 15) is 4.79 Å². The molecule has 0 unspecified atom stereocenters. The molecule has 1 heterocycles. The third kappa shape index (κ3) is 2.33. The molecule has 0 aromatic carbocycles. The first kappa shape index (κ1) is 11.7. The Bertz CT molecular complexity index is 466. The number of aromatic nitrogens is 2. The summed E-state index contributed by atoms with van der Waals surface area (Å²) in [7, 11) is 1.85. The molecule has 1 saturated carbocycles. The minimum absolute atomic E-state index is 0.524. The van der Waals surface area contributed by atoms with Crippen LogP contribution in [0.3, 0.4) is 0 Å². The fraction of sp³-hybridized carbons (Fsp3) is 0.538. The van der Waals surface area contributed by atoms with Crippen molar-refractivity contribution in [3.05, 3.63) is 11.3 Å². The summed E-state index contributed by atoms with van der Waals surface area (Å²) < 4.78 is 1.75. The second-order valence-electron chi connectivity index (χ2n) is 4.59. The van der Waals surface area contributed by atoms with Crippen LogP contribution in [0.5, 0.6) is 0 Å². The van der Waals surface area contributed by atoms with Gasteiger partial charge in [0, 0.05) is 13.6 Å². The van der Waals surface area contributed by atoms with E-state index in [-0.39, 0.29) is 0 Å². The van der Waals surface area contributed by atoms with Gasteiger partial charge in [-0.15, -0.1) is 6.42 Å². The minimum atomic E-state index is 0.524. The highest BCUT2D eigenvalue weighted by atomic mass is 16.1. The standard InChI is InChI=1S/C13H17N3O/c1-4-7-16(8-11-5-6-11)13-12(9-17)10(2)14-15(13)3/h1,9,11H,5-8H2,2-3H3. The quantitative estimate of drug-likeness (QED) is 0.568. The minimum Gasteiger partial charge on any atom is -0.345 e. The smallest absolute Gasteiger partial charge is 0.155 e. The number of rotatable bonds is 5. The first-order chi connectivity index (χ1) is 8.17. The van der Waals surface area contributed by atoms with E-state index < -0.39 is 0 Å². The second-order valence-corrected chi connectivity index (χ2v) is 4.59. The number of carbonyl (C=O) groups excluding carboxylic acids is 1. The molecule has 0 atom stereocenters. The van der Waals surface area contributed by atoms with Crippen LogP contribution < -0.4 is 4.90 Å². The number of terminal acetylenes is 1. The predicted molar refractivity (Wildman–Crippen MR) is 67.1 cm³/mol. The van der Waals surface area contributed by atoms with Gasteiger partial charge < -0.3 is 4.90 Å². The van der Waals surface area contributed by atoms with Gasteiger partial charge in [0.25, 0.3) is 0 Å². The summed E-state index contributed by atoms with van der Waals surface area (Å²) in [6, 6.07) is 0. The molecule has 0 radical (unpaired) electrons. The molecule has 0 N–H and O–H groups in total. The van der Waals surface area contributed by atoms with Crippen LogP contribution in [0.2, 0.25) is 0 Å². The van der Waals surface area contributed by atoms with E-state index in [1.165, 1.54) is 12.8 Å². The summed E-state index contributed by atoms with van der Waals surface area (Å²) in [6.07, 6.45) is 8.79. The number of aldehydes is 1. The second kappa shape index (κ2) is 4.62. The van der Waals surface area contributed by atoms with Crippen LogP contribution in [0.4, 0.5) is 5.82 Å². The Hall–Kier alpha value is -1.76. The van der Waals surface area contributed by atoms with Crippen molar-refractivity contribution in [2.24, 2.45) is 13.0 Å². The molecule has 0 spiro atoms. The Morgan fingerprint density at radius 3 is 2.88 bits per heavy atom. The summed E-state index contributed by atoms with van der Waals surface area (Å²) >= 11 is 0. The summed E-state index contributed by atoms with van der Waals surface area (Å²) in [4.78, 5) is 13.2. The Morgan fingerprint density at radius 2 is 2.35 bits per heavy atom. The third-order valence-electron chi connectivity index (χ3n) is 3.11. The molecule has 1 aromatic heterocycles. The fourth-order valence-corrected chi connectivity index (χ4v) is 2.12. The average Bonchev–Trinajstić information content (AvgIpc) is 3.03. The number of anilines is 1. The fourth-order valence-electron chi connectivity index (χ4n) is 2.12. The molecule has 0 amide bonds. The van der Waals surface area contributed by atoms with Gasteiger partial charge in [0.1, 0.15) is 5.82 Å². The van der Waals surface area contributed by atoms with Crippen molar-refractivity contribution in [1.29, 1.82) is 0 Å². The molecule has 4 nitrogen and oxygen atoms in total. The Kier molecular flexibility index (Phi) is 3.19. The lowest BCUT2D eigenvalue weighted by Gasteiger charge is -2.22. The first-order valence-corrected chi connectivity index (χ1v) is 5.84. The van der Waals surface area contributed by atoms with E-state index in [4.69, 9.17) is 6.42 Å². The van der Waals surface area contributed by atoms with Crippen molar-refractivity contribution in [2.75, 3.05) is 18.0 Å². The summed E-state index contributed by atoms with van der Waals surface area (Å²) in [5.74, 6) is 4.23. The number of hydrogen-bond acceptors (Lipinski definition) is 3. The van der Waals surface area contributed by atoms with Gasteiger partial charge in [0.15, 0.2) is 6.29 Å². The van der Waals surface area contributed by atoms with Gasteiger partial charge in [-0.2, -0.15) is 5.10 Å². The van der Waals surface area contributed by atoms with Gasteiger partial charge in [-0.05, 0) is 25.7 Å². The van der Waals surface area contributed by atoms with Crippen molar-refractivity contribution >= 4 is 12.1 Å². The van der Waals surface area contributed by atoms with Crippen molar-refractivity contribution < 1.29 is 4.79 Å². The van der Waals surface area contributed by atoms with Crippen LogP contribution >= 0.6 is 0 Å². The molecule has 1 aromatic rings. The molecule has 17 heavy (non-hydrogen) atoms. The summed E-state index contributed by atoms with van der Waals surface area (Å²) in [5, 5.41) is 4.29. The number of carbonyl (C=O) groups is 1. The maximum Gasteiger partial charge on any atom is 0.155 e. The first-order valence-electron chi connectivity index (χ1n) is 5.84. The van der Waals surface area contributed by atoms with Crippen molar-refractivity contribution in [3.63, 3.8) is 0 Å². The molecule has 1 aliphatic carbocycles. The van der Waals surface area contributed by atoms with Gasteiger partial charge >= 0.3 is 0 Å². The number of hydrogen-bond donors (Lipinski definition) is 0. The predicted octanol–water partition coefficient (Wildman–Crippen LogP) is 1.39. The van der Waals surface area contributed by atoms with Gasteiger partial charge in [0.05, 0.1) is 17.8 Å². The molecule has 0 saturated heterocycles. The van der Waals surface area contributed by atoms with E-state index in [1.54, 1.807) is 4.68 Å². The van der Waals surface area contributed by atoms with Crippen molar-refractivity contribution in [1.82, 2.24) is 9.78 Å².